The van der Waals surface area contributed by atoms with Gasteiger partial charge in [0.15, 0.2) is 0 Å². The van der Waals surface area contributed by atoms with Gasteiger partial charge in [-0.1, -0.05) is 64.5 Å². The summed E-state index contributed by atoms with van der Waals surface area (Å²) in [5.41, 5.74) is 0.150. The number of likely N-dealkylation sites (tertiary alicyclic amines) is 1. The molecule has 0 aromatic heterocycles. The van der Waals surface area contributed by atoms with Crippen LogP contribution in [0.25, 0.3) is 0 Å². The van der Waals surface area contributed by atoms with Crippen molar-refractivity contribution < 1.29 is 24.2 Å². The quantitative estimate of drug-likeness (QED) is 0.455. The first-order chi connectivity index (χ1) is 17.3. The summed E-state index contributed by atoms with van der Waals surface area (Å²) < 4.78 is 6.50. The lowest BCUT2D eigenvalue weighted by molar-refractivity contribution is -0.145. The number of rotatable bonds is 7. The standard InChI is InChI=1S/C27H30BrN3O5/c1-15(2)29-25(34)23-27-13-18(28)22(36-27)20(24(33)30-17-11-7-4-8-12-17)21(27)26(35)31(23)19(14-32)16-9-5-3-6-10-16/h3-12,15,18-23,32H,13-14H2,1-2H3,(H,29,34)(H,30,33)/t18?,19-,20+,21+,22+,23?,27?/m1/s1. The summed E-state index contributed by atoms with van der Waals surface area (Å²) in [6.07, 6.45) is -0.147. The third kappa shape index (κ3) is 3.93. The zero-order valence-corrected chi connectivity index (χ0v) is 21.7. The Morgan fingerprint density at radius 1 is 1.11 bits per heavy atom. The summed E-state index contributed by atoms with van der Waals surface area (Å²) in [6, 6.07) is 16.3. The molecule has 36 heavy (non-hydrogen) atoms. The Morgan fingerprint density at radius 3 is 2.36 bits per heavy atom. The molecule has 3 aliphatic rings. The Bertz CT molecular complexity index is 1150. The molecule has 3 fully saturated rings. The van der Waals surface area contributed by atoms with Crippen molar-refractivity contribution in [3.8, 4) is 0 Å². The third-order valence-electron chi connectivity index (χ3n) is 7.44. The van der Waals surface area contributed by atoms with Crippen LogP contribution in [0.5, 0.6) is 0 Å². The summed E-state index contributed by atoms with van der Waals surface area (Å²) in [5.74, 6) is -2.65. The van der Waals surface area contributed by atoms with Crippen molar-refractivity contribution in [1.82, 2.24) is 10.2 Å². The van der Waals surface area contributed by atoms with Crippen molar-refractivity contribution in [1.29, 1.82) is 0 Å². The molecule has 3 heterocycles. The number of fused-ring (bicyclic) bond motifs is 1. The number of halogens is 1. The van der Waals surface area contributed by atoms with Crippen LogP contribution < -0.4 is 10.6 Å². The van der Waals surface area contributed by atoms with Gasteiger partial charge in [0.25, 0.3) is 0 Å². The molecule has 0 radical (unpaired) electrons. The summed E-state index contributed by atoms with van der Waals surface area (Å²) in [4.78, 5) is 42.7. The van der Waals surface area contributed by atoms with E-state index in [2.05, 4.69) is 26.6 Å². The topological polar surface area (TPSA) is 108 Å². The van der Waals surface area contributed by atoms with Crippen molar-refractivity contribution in [2.45, 2.75) is 54.9 Å². The average Bonchev–Trinajstić information content (AvgIpc) is 3.44. The number of benzene rings is 2. The number of hydrogen-bond donors (Lipinski definition) is 3. The number of anilines is 1. The van der Waals surface area contributed by atoms with E-state index in [1.54, 1.807) is 12.1 Å². The molecule has 2 aromatic rings. The maximum absolute atomic E-state index is 14.2. The summed E-state index contributed by atoms with van der Waals surface area (Å²) in [7, 11) is 0. The Hall–Kier alpha value is -2.75. The first-order valence-corrected chi connectivity index (χ1v) is 13.2. The Labute approximate surface area is 218 Å². The molecular weight excluding hydrogens is 526 g/mol. The number of nitrogens with one attached hydrogen (secondary N) is 2. The van der Waals surface area contributed by atoms with Crippen LogP contribution in [0.4, 0.5) is 5.69 Å². The second-order valence-electron chi connectivity index (χ2n) is 10.0. The van der Waals surface area contributed by atoms with Crippen LogP contribution in [0.2, 0.25) is 0 Å². The number of para-hydroxylation sites is 1. The maximum Gasteiger partial charge on any atom is 0.246 e. The summed E-state index contributed by atoms with van der Waals surface area (Å²) in [5, 5.41) is 16.3. The molecule has 7 atom stereocenters. The first-order valence-electron chi connectivity index (χ1n) is 12.2. The molecule has 1 spiro atoms. The molecule has 3 amide bonds. The van der Waals surface area contributed by atoms with Gasteiger partial charge in [-0.2, -0.15) is 0 Å². The molecule has 0 aliphatic carbocycles. The number of nitrogens with zero attached hydrogens (tertiary/aromatic N) is 1. The molecule has 3 unspecified atom stereocenters. The normalized spacial score (nSPS) is 31.4. The zero-order valence-electron chi connectivity index (χ0n) is 20.1. The number of aliphatic hydroxyl groups is 1. The number of amides is 3. The minimum Gasteiger partial charge on any atom is -0.394 e. The highest BCUT2D eigenvalue weighted by molar-refractivity contribution is 9.09. The van der Waals surface area contributed by atoms with E-state index >= 15 is 0 Å². The first kappa shape index (κ1) is 24.9. The molecule has 5 rings (SSSR count). The Balaban J connectivity index is 1.58. The Morgan fingerprint density at radius 2 is 1.75 bits per heavy atom. The predicted octanol–water partition coefficient (Wildman–Crippen LogP) is 2.63. The molecule has 0 saturated carbocycles. The fraction of sp³-hybridized carbons (Fsp3) is 0.444. The Kier molecular flexibility index (Phi) is 6.65. The smallest absolute Gasteiger partial charge is 0.246 e. The second-order valence-corrected chi connectivity index (χ2v) is 11.2. The molecule has 2 aromatic carbocycles. The number of aliphatic hydroxyl groups excluding tert-OH is 1. The predicted molar refractivity (Wildman–Crippen MR) is 137 cm³/mol. The van der Waals surface area contributed by atoms with E-state index in [1.807, 2.05) is 62.4 Å². The average molecular weight is 556 g/mol. The van der Waals surface area contributed by atoms with Crippen molar-refractivity contribution in [2.75, 3.05) is 11.9 Å². The molecule has 190 valence electrons. The lowest BCUT2D eigenvalue weighted by atomic mass is 9.70. The highest BCUT2D eigenvalue weighted by Gasteiger charge is 2.77. The number of alkyl halides is 1. The van der Waals surface area contributed by atoms with E-state index < -0.39 is 35.6 Å². The van der Waals surface area contributed by atoms with E-state index in [1.165, 1.54) is 4.90 Å². The fourth-order valence-corrected chi connectivity index (χ4v) is 7.09. The molecule has 8 nitrogen and oxygen atoms in total. The summed E-state index contributed by atoms with van der Waals surface area (Å²) in [6.45, 7) is 3.34. The van der Waals surface area contributed by atoms with Gasteiger partial charge < -0.3 is 25.4 Å². The van der Waals surface area contributed by atoms with E-state index in [-0.39, 0.29) is 35.2 Å². The van der Waals surface area contributed by atoms with Crippen LogP contribution in [0, 0.1) is 11.8 Å². The van der Waals surface area contributed by atoms with Crippen LogP contribution in [0.15, 0.2) is 60.7 Å². The minimum atomic E-state index is -1.18. The number of carbonyl (C=O) groups is 3. The molecular formula is C27H30BrN3O5. The second kappa shape index (κ2) is 9.61. The number of hydrogen-bond acceptors (Lipinski definition) is 5. The van der Waals surface area contributed by atoms with Crippen LogP contribution in [-0.2, 0) is 19.1 Å². The lowest BCUT2D eigenvalue weighted by Gasteiger charge is -2.37. The summed E-state index contributed by atoms with van der Waals surface area (Å²) >= 11 is 3.67. The van der Waals surface area contributed by atoms with Gasteiger partial charge in [0, 0.05) is 16.6 Å². The maximum atomic E-state index is 14.2. The third-order valence-corrected chi connectivity index (χ3v) is 8.29. The van der Waals surface area contributed by atoms with Crippen molar-refractivity contribution in [2.24, 2.45) is 11.8 Å². The molecule has 3 saturated heterocycles. The van der Waals surface area contributed by atoms with Crippen LogP contribution in [0.3, 0.4) is 0 Å². The largest absolute Gasteiger partial charge is 0.394 e. The lowest BCUT2D eigenvalue weighted by Crippen LogP contribution is -2.57. The van der Waals surface area contributed by atoms with Crippen LogP contribution in [0.1, 0.15) is 31.9 Å². The monoisotopic (exact) mass is 555 g/mol. The molecule has 2 bridgehead atoms. The van der Waals surface area contributed by atoms with Crippen molar-refractivity contribution in [3.05, 3.63) is 66.2 Å². The van der Waals surface area contributed by atoms with Crippen molar-refractivity contribution >= 4 is 39.3 Å². The molecule has 9 heteroatoms. The minimum absolute atomic E-state index is 0.162. The SMILES string of the molecule is CC(C)NC(=O)C1N([C@H](CO)c2ccccc2)C(=O)[C@@H]2[C@H](C(=O)Nc3ccccc3)[C@H]3OC12CC3Br. The van der Waals surface area contributed by atoms with Gasteiger partial charge in [-0.05, 0) is 38.0 Å². The number of carbonyl (C=O) groups excluding carboxylic acids is 3. The van der Waals surface area contributed by atoms with Gasteiger partial charge in [0.05, 0.1) is 30.6 Å². The van der Waals surface area contributed by atoms with Gasteiger partial charge in [-0.15, -0.1) is 0 Å². The fourth-order valence-electron chi connectivity index (χ4n) is 6.14. The van der Waals surface area contributed by atoms with E-state index in [9.17, 15) is 19.5 Å². The van der Waals surface area contributed by atoms with Crippen molar-refractivity contribution in [3.63, 3.8) is 0 Å². The highest BCUT2D eigenvalue weighted by atomic mass is 79.9. The van der Waals surface area contributed by atoms with Gasteiger partial charge in [0.1, 0.15) is 11.6 Å². The molecule has 3 N–H and O–H groups in total. The van der Waals surface area contributed by atoms with Crippen LogP contribution >= 0.6 is 15.9 Å². The van der Waals surface area contributed by atoms with E-state index in [4.69, 9.17) is 4.74 Å². The van der Waals surface area contributed by atoms with Crippen LogP contribution in [-0.4, -0.2) is 63.0 Å². The highest BCUT2D eigenvalue weighted by Crippen LogP contribution is 2.61. The van der Waals surface area contributed by atoms with Gasteiger partial charge in [0.2, 0.25) is 17.7 Å². The van der Waals surface area contributed by atoms with Gasteiger partial charge in [-0.25, -0.2) is 0 Å². The van der Waals surface area contributed by atoms with E-state index in [0.717, 1.165) is 0 Å². The molecule has 3 aliphatic heterocycles. The van der Waals surface area contributed by atoms with E-state index in [0.29, 0.717) is 17.7 Å². The van der Waals surface area contributed by atoms with Gasteiger partial charge in [-0.3, -0.25) is 14.4 Å². The van der Waals surface area contributed by atoms with Gasteiger partial charge >= 0.3 is 0 Å². The zero-order chi connectivity index (χ0) is 25.6. The number of ether oxygens (including phenoxy) is 1.